The van der Waals surface area contributed by atoms with Crippen molar-refractivity contribution in [2.24, 2.45) is 0 Å². The number of rotatable bonds is 6. The molecule has 1 aliphatic carbocycles. The molecule has 4 heteroatoms. The largest absolute Gasteiger partial charge is 0.326 e. The Morgan fingerprint density at radius 3 is 2.58 bits per heavy atom. The molecule has 0 fully saturated rings. The van der Waals surface area contributed by atoms with Crippen LogP contribution in [0.4, 0.5) is 5.69 Å². The number of thioether (sulfide) groups is 1. The molecular weight excluding hydrogens is 362 g/mol. The number of amides is 1. The predicted octanol–water partition coefficient (Wildman–Crippen LogP) is 6.10. The number of nitrogens with one attached hydrogen (secondary N) is 1. The lowest BCUT2D eigenvalue weighted by Crippen LogP contribution is -2.11. The highest BCUT2D eigenvalue weighted by Gasteiger charge is 2.16. The van der Waals surface area contributed by atoms with E-state index < -0.39 is 0 Å². The Labute approximate surface area is 162 Å². The Hall–Kier alpha value is -1.97. The van der Waals surface area contributed by atoms with Gasteiger partial charge in [-0.3, -0.25) is 4.79 Å². The van der Waals surface area contributed by atoms with E-state index in [0.717, 1.165) is 35.7 Å². The number of hydrogen-bond donors (Lipinski definition) is 1. The van der Waals surface area contributed by atoms with Gasteiger partial charge in [-0.2, -0.15) is 0 Å². The maximum atomic E-state index is 12.4. The monoisotopic (exact) mass is 381 g/mol. The molecule has 0 radical (unpaired) electrons. The van der Waals surface area contributed by atoms with Gasteiger partial charge >= 0.3 is 0 Å². The maximum Gasteiger partial charge on any atom is 0.224 e. The highest BCUT2D eigenvalue weighted by molar-refractivity contribution is 7.99. The average molecular weight is 382 g/mol. The summed E-state index contributed by atoms with van der Waals surface area (Å²) in [6.07, 6.45) is 3.59. The molecule has 4 rings (SSSR count). The summed E-state index contributed by atoms with van der Waals surface area (Å²) in [6, 6.07) is 18.4. The number of benzene rings is 3. The van der Waals surface area contributed by atoms with Crippen LogP contribution in [0, 0.1) is 0 Å². The molecule has 0 saturated carbocycles. The normalized spacial score (nSPS) is 12.5. The number of carbonyl (C=O) groups excluding carboxylic acids is 1. The quantitative estimate of drug-likeness (QED) is 0.412. The highest BCUT2D eigenvalue weighted by Crippen LogP contribution is 2.35. The van der Waals surface area contributed by atoms with Crippen molar-refractivity contribution in [1.29, 1.82) is 0 Å². The van der Waals surface area contributed by atoms with Crippen LogP contribution in [0.1, 0.15) is 24.0 Å². The van der Waals surface area contributed by atoms with Crippen LogP contribution in [-0.4, -0.2) is 11.7 Å². The second kappa shape index (κ2) is 7.73. The van der Waals surface area contributed by atoms with Crippen molar-refractivity contribution < 1.29 is 4.79 Å². The van der Waals surface area contributed by atoms with Gasteiger partial charge in [-0.1, -0.05) is 35.9 Å². The zero-order chi connectivity index (χ0) is 17.9. The van der Waals surface area contributed by atoms with Gasteiger partial charge < -0.3 is 5.32 Å². The maximum absolute atomic E-state index is 12.4. The fourth-order valence-electron chi connectivity index (χ4n) is 3.52. The zero-order valence-electron chi connectivity index (χ0n) is 14.4. The van der Waals surface area contributed by atoms with Gasteiger partial charge in [0.05, 0.1) is 0 Å². The van der Waals surface area contributed by atoms with E-state index in [1.54, 1.807) is 11.8 Å². The fraction of sp³-hybridized carbons (Fsp3) is 0.227. The standard InChI is InChI=1S/C22H20ClNOS/c23-17-9-11-18(12-10-17)26-14-2-5-21(25)24-20-13-8-16-7-6-15-3-1-4-19(20)22(15)16/h1,3-4,8-13H,2,5-7,14H2,(H,24,25). The van der Waals surface area contributed by atoms with Crippen LogP contribution >= 0.6 is 23.4 Å². The molecule has 0 aliphatic heterocycles. The molecule has 2 nitrogen and oxygen atoms in total. The van der Waals surface area contributed by atoms with Gasteiger partial charge in [0.1, 0.15) is 0 Å². The Morgan fingerprint density at radius 1 is 1.00 bits per heavy atom. The first kappa shape index (κ1) is 17.4. The first-order chi connectivity index (χ1) is 12.7. The van der Waals surface area contributed by atoms with Crippen molar-refractivity contribution in [3.8, 4) is 0 Å². The summed E-state index contributed by atoms with van der Waals surface area (Å²) in [4.78, 5) is 13.5. The van der Waals surface area contributed by atoms with Crippen molar-refractivity contribution >= 4 is 45.7 Å². The van der Waals surface area contributed by atoms with Gasteiger partial charge in [-0.15, -0.1) is 11.8 Å². The van der Waals surface area contributed by atoms with Gasteiger partial charge in [0.15, 0.2) is 0 Å². The molecule has 0 bridgehead atoms. The second-order valence-electron chi connectivity index (χ2n) is 6.57. The number of anilines is 1. The summed E-state index contributed by atoms with van der Waals surface area (Å²) in [5, 5.41) is 6.36. The fourth-order valence-corrected chi connectivity index (χ4v) is 4.50. The van der Waals surface area contributed by atoms with Crippen LogP contribution in [0.3, 0.4) is 0 Å². The average Bonchev–Trinajstić information content (AvgIpc) is 3.07. The first-order valence-corrected chi connectivity index (χ1v) is 10.3. The smallest absolute Gasteiger partial charge is 0.224 e. The predicted molar refractivity (Wildman–Crippen MR) is 111 cm³/mol. The molecule has 0 atom stereocenters. The number of carbonyl (C=O) groups is 1. The summed E-state index contributed by atoms with van der Waals surface area (Å²) in [5.41, 5.74) is 3.73. The van der Waals surface area contributed by atoms with Gasteiger partial charge in [0.25, 0.3) is 0 Å². The van der Waals surface area contributed by atoms with Gasteiger partial charge in [-0.25, -0.2) is 0 Å². The van der Waals surface area contributed by atoms with Crippen molar-refractivity contribution in [3.05, 3.63) is 70.7 Å². The van der Waals surface area contributed by atoms with Gasteiger partial charge in [0.2, 0.25) is 5.91 Å². The van der Waals surface area contributed by atoms with E-state index in [-0.39, 0.29) is 5.91 Å². The molecule has 132 valence electrons. The summed E-state index contributed by atoms with van der Waals surface area (Å²) in [7, 11) is 0. The summed E-state index contributed by atoms with van der Waals surface area (Å²) >= 11 is 7.65. The molecule has 0 unspecified atom stereocenters. The van der Waals surface area contributed by atoms with Crippen molar-refractivity contribution in [3.63, 3.8) is 0 Å². The Balaban J connectivity index is 1.34. The molecule has 3 aromatic carbocycles. The molecule has 3 aromatic rings. The van der Waals surface area contributed by atoms with Gasteiger partial charge in [-0.05, 0) is 71.9 Å². The van der Waals surface area contributed by atoms with E-state index in [1.165, 1.54) is 26.8 Å². The minimum Gasteiger partial charge on any atom is -0.326 e. The molecule has 0 spiro atoms. The van der Waals surface area contributed by atoms with E-state index in [2.05, 4.69) is 29.6 Å². The van der Waals surface area contributed by atoms with E-state index >= 15 is 0 Å². The third-order valence-electron chi connectivity index (χ3n) is 4.78. The summed E-state index contributed by atoms with van der Waals surface area (Å²) in [6.45, 7) is 0. The van der Waals surface area contributed by atoms with Crippen LogP contribution in [0.2, 0.25) is 5.02 Å². The Morgan fingerprint density at radius 2 is 1.77 bits per heavy atom. The van der Waals surface area contributed by atoms with Gasteiger partial charge in [0, 0.05) is 27.4 Å². The zero-order valence-corrected chi connectivity index (χ0v) is 16.0. The molecule has 26 heavy (non-hydrogen) atoms. The Kier molecular flexibility index (Phi) is 5.18. The molecular formula is C22H20ClNOS. The van der Waals surface area contributed by atoms with Crippen molar-refractivity contribution in [2.75, 3.05) is 11.1 Å². The molecule has 0 saturated heterocycles. The van der Waals surface area contributed by atoms with E-state index in [4.69, 9.17) is 11.6 Å². The molecule has 1 amide bonds. The SMILES string of the molecule is O=C(CCCSc1ccc(Cl)cc1)Nc1ccc2c3c(cccc13)CC2. The van der Waals surface area contributed by atoms with E-state index in [0.29, 0.717) is 6.42 Å². The topological polar surface area (TPSA) is 29.1 Å². The summed E-state index contributed by atoms with van der Waals surface area (Å²) < 4.78 is 0. The lowest BCUT2D eigenvalue weighted by atomic mass is 10.0. The lowest BCUT2D eigenvalue weighted by Gasteiger charge is -2.10. The highest BCUT2D eigenvalue weighted by atomic mass is 35.5. The lowest BCUT2D eigenvalue weighted by molar-refractivity contribution is -0.116. The minimum atomic E-state index is 0.0837. The summed E-state index contributed by atoms with van der Waals surface area (Å²) in [5.74, 6) is 0.999. The van der Waals surface area contributed by atoms with Crippen LogP contribution in [-0.2, 0) is 17.6 Å². The molecule has 1 aliphatic rings. The second-order valence-corrected chi connectivity index (χ2v) is 8.17. The van der Waals surface area contributed by atoms with E-state index in [1.807, 2.05) is 30.3 Å². The minimum absolute atomic E-state index is 0.0837. The number of hydrogen-bond acceptors (Lipinski definition) is 2. The molecule has 0 heterocycles. The van der Waals surface area contributed by atoms with Crippen LogP contribution in [0.5, 0.6) is 0 Å². The van der Waals surface area contributed by atoms with Crippen molar-refractivity contribution in [1.82, 2.24) is 0 Å². The van der Waals surface area contributed by atoms with E-state index in [9.17, 15) is 4.79 Å². The molecule has 0 aromatic heterocycles. The number of aryl methyl sites for hydroxylation is 2. The third-order valence-corrected chi connectivity index (χ3v) is 6.13. The van der Waals surface area contributed by atoms with Crippen LogP contribution < -0.4 is 5.32 Å². The van der Waals surface area contributed by atoms with Crippen LogP contribution in [0.15, 0.2) is 59.5 Å². The first-order valence-electron chi connectivity index (χ1n) is 8.92. The van der Waals surface area contributed by atoms with Crippen molar-refractivity contribution in [2.45, 2.75) is 30.6 Å². The Bertz CT molecular complexity index is 942. The van der Waals surface area contributed by atoms with Crippen LogP contribution in [0.25, 0.3) is 10.8 Å². The third kappa shape index (κ3) is 3.74. The molecule has 1 N–H and O–H groups in total. The number of halogens is 1.